The number of hydrogen-bond acceptors (Lipinski definition) is 5. The number of benzene rings is 1. The molecule has 0 aliphatic heterocycles. The summed E-state index contributed by atoms with van der Waals surface area (Å²) in [7, 11) is -3.78. The zero-order valence-corrected chi connectivity index (χ0v) is 13.9. The number of nitrogens with zero attached hydrogens (tertiary/aromatic N) is 2. The number of nitrogens with one attached hydrogen (secondary N) is 2. The maximum absolute atomic E-state index is 12.3. The van der Waals surface area contributed by atoms with Gasteiger partial charge in [0.05, 0.1) is 5.02 Å². The Balaban J connectivity index is 1.71. The fourth-order valence-electron chi connectivity index (χ4n) is 2.60. The summed E-state index contributed by atoms with van der Waals surface area (Å²) in [4.78, 5) is 0.0108. The minimum absolute atomic E-state index is 0.0108. The minimum atomic E-state index is -3.78. The number of sulfonamides is 1. The number of anilines is 2. The Kier molecular flexibility index (Phi) is 4.68. The highest BCUT2D eigenvalue weighted by Crippen LogP contribution is 2.24. The average Bonchev–Trinajstić information content (AvgIpc) is 3.02. The maximum atomic E-state index is 12.3. The van der Waals surface area contributed by atoms with E-state index < -0.39 is 10.0 Å². The largest absolute Gasteiger partial charge is 0.366 e. The van der Waals surface area contributed by atoms with E-state index in [1.54, 1.807) is 24.3 Å². The third kappa shape index (κ3) is 3.92. The van der Waals surface area contributed by atoms with Crippen LogP contribution < -0.4 is 10.0 Å². The molecule has 0 atom stereocenters. The van der Waals surface area contributed by atoms with Gasteiger partial charge in [0.1, 0.15) is 10.7 Å². The maximum Gasteiger partial charge on any atom is 0.264 e. The van der Waals surface area contributed by atoms with Gasteiger partial charge in [-0.2, -0.15) is 0 Å². The molecule has 6 nitrogen and oxygen atoms in total. The zero-order chi connectivity index (χ0) is 16.3. The van der Waals surface area contributed by atoms with Crippen molar-refractivity contribution in [2.75, 3.05) is 10.0 Å². The highest BCUT2D eigenvalue weighted by atomic mass is 35.5. The Morgan fingerprint density at radius 3 is 2.30 bits per heavy atom. The van der Waals surface area contributed by atoms with Gasteiger partial charge < -0.3 is 5.32 Å². The summed E-state index contributed by atoms with van der Waals surface area (Å²) < 4.78 is 27.0. The van der Waals surface area contributed by atoms with Crippen molar-refractivity contribution in [1.29, 1.82) is 0 Å². The lowest BCUT2D eigenvalue weighted by atomic mass is 10.2. The molecule has 1 fully saturated rings. The Morgan fingerprint density at radius 1 is 1.00 bits per heavy atom. The van der Waals surface area contributed by atoms with Gasteiger partial charge in [0.15, 0.2) is 5.82 Å². The van der Waals surface area contributed by atoms with E-state index in [1.807, 2.05) is 0 Å². The lowest BCUT2D eigenvalue weighted by molar-refractivity contribution is 0.601. The van der Waals surface area contributed by atoms with Crippen LogP contribution in [0.15, 0.2) is 41.3 Å². The highest BCUT2D eigenvalue weighted by Gasteiger charge is 2.19. The van der Waals surface area contributed by atoms with Crippen molar-refractivity contribution in [3.05, 3.63) is 41.4 Å². The van der Waals surface area contributed by atoms with Crippen LogP contribution in [0.2, 0.25) is 5.02 Å². The van der Waals surface area contributed by atoms with E-state index in [4.69, 9.17) is 11.6 Å². The summed E-state index contributed by atoms with van der Waals surface area (Å²) >= 11 is 5.93. The van der Waals surface area contributed by atoms with Crippen LogP contribution in [0.1, 0.15) is 25.7 Å². The summed E-state index contributed by atoms with van der Waals surface area (Å²) in [6, 6.07) is 9.97. The molecule has 0 radical (unpaired) electrons. The Morgan fingerprint density at radius 2 is 1.65 bits per heavy atom. The minimum Gasteiger partial charge on any atom is -0.366 e. The molecule has 2 N–H and O–H groups in total. The van der Waals surface area contributed by atoms with Gasteiger partial charge in [-0.1, -0.05) is 36.6 Å². The summed E-state index contributed by atoms with van der Waals surface area (Å²) in [5.74, 6) is 0.805. The van der Waals surface area contributed by atoms with Crippen LogP contribution in [0.3, 0.4) is 0 Å². The normalized spacial score (nSPS) is 15.5. The molecule has 1 heterocycles. The summed E-state index contributed by atoms with van der Waals surface area (Å²) in [5.41, 5.74) is 0. The molecule has 2 aromatic rings. The monoisotopic (exact) mass is 352 g/mol. The Labute approximate surface area is 140 Å². The second kappa shape index (κ2) is 6.72. The predicted molar refractivity (Wildman–Crippen MR) is 90.2 cm³/mol. The van der Waals surface area contributed by atoms with Gasteiger partial charge >= 0.3 is 0 Å². The molecule has 1 aliphatic carbocycles. The van der Waals surface area contributed by atoms with Gasteiger partial charge in [-0.3, -0.25) is 4.72 Å². The van der Waals surface area contributed by atoms with E-state index in [2.05, 4.69) is 20.2 Å². The fourth-order valence-corrected chi connectivity index (χ4v) is 4.12. The standard InChI is InChI=1S/C15H17ClN4O2S/c16-12-7-3-4-8-13(12)23(21,22)20-15-10-9-14(18-19-15)17-11-5-1-2-6-11/h3-4,7-11H,1-2,5-6H2,(H,17,18)(H,19,20). The molecule has 0 unspecified atom stereocenters. The van der Waals surface area contributed by atoms with Crippen molar-refractivity contribution in [1.82, 2.24) is 10.2 Å². The lowest BCUT2D eigenvalue weighted by Gasteiger charge is -2.12. The Bertz CT molecular complexity index is 774. The summed E-state index contributed by atoms with van der Waals surface area (Å²) in [6.07, 6.45) is 4.70. The molecular formula is C15H17ClN4O2S. The van der Waals surface area contributed by atoms with E-state index in [1.165, 1.54) is 25.0 Å². The molecule has 0 amide bonds. The van der Waals surface area contributed by atoms with Crippen LogP contribution >= 0.6 is 11.6 Å². The molecule has 0 spiro atoms. The average molecular weight is 353 g/mol. The number of halogens is 1. The molecule has 0 saturated heterocycles. The van der Waals surface area contributed by atoms with Crippen molar-refractivity contribution < 1.29 is 8.42 Å². The lowest BCUT2D eigenvalue weighted by Crippen LogP contribution is -2.17. The summed E-state index contributed by atoms with van der Waals surface area (Å²) in [5, 5.41) is 11.4. The van der Waals surface area contributed by atoms with Crippen molar-refractivity contribution in [3.8, 4) is 0 Å². The molecule has 3 rings (SSSR count). The number of hydrogen-bond donors (Lipinski definition) is 2. The van der Waals surface area contributed by atoms with Gasteiger partial charge in [0, 0.05) is 6.04 Å². The zero-order valence-electron chi connectivity index (χ0n) is 12.4. The van der Waals surface area contributed by atoms with Gasteiger partial charge in [0.2, 0.25) is 0 Å². The molecule has 1 saturated carbocycles. The molecule has 1 aromatic carbocycles. The fraction of sp³-hybridized carbons (Fsp3) is 0.333. The molecule has 8 heteroatoms. The van der Waals surface area contributed by atoms with Gasteiger partial charge in [-0.05, 0) is 37.1 Å². The first-order valence-electron chi connectivity index (χ1n) is 7.42. The van der Waals surface area contributed by atoms with Crippen LogP contribution in [-0.4, -0.2) is 24.7 Å². The predicted octanol–water partition coefficient (Wildman–Crippen LogP) is 3.29. The van der Waals surface area contributed by atoms with Gasteiger partial charge in [-0.15, -0.1) is 10.2 Å². The number of aromatic nitrogens is 2. The third-order valence-electron chi connectivity index (χ3n) is 3.74. The molecule has 122 valence electrons. The van der Waals surface area contributed by atoms with Crippen LogP contribution in [0, 0.1) is 0 Å². The van der Waals surface area contributed by atoms with Gasteiger partial charge in [-0.25, -0.2) is 8.42 Å². The quantitative estimate of drug-likeness (QED) is 0.862. The SMILES string of the molecule is O=S(=O)(Nc1ccc(NC2CCCC2)nn1)c1ccccc1Cl. The first-order chi connectivity index (χ1) is 11.0. The van der Waals surface area contributed by atoms with Crippen LogP contribution in [0.5, 0.6) is 0 Å². The first kappa shape index (κ1) is 16.0. The van der Waals surface area contributed by atoms with Crippen LogP contribution in [0.4, 0.5) is 11.6 Å². The van der Waals surface area contributed by atoms with Crippen LogP contribution in [-0.2, 0) is 10.0 Å². The molecule has 23 heavy (non-hydrogen) atoms. The molecular weight excluding hydrogens is 336 g/mol. The molecule has 0 bridgehead atoms. The third-order valence-corrected chi connectivity index (χ3v) is 5.59. The second-order valence-electron chi connectivity index (χ2n) is 5.47. The topological polar surface area (TPSA) is 84.0 Å². The second-order valence-corrected chi connectivity index (χ2v) is 7.52. The van der Waals surface area contributed by atoms with Crippen molar-refractivity contribution in [2.24, 2.45) is 0 Å². The van der Waals surface area contributed by atoms with Crippen molar-refractivity contribution in [2.45, 2.75) is 36.6 Å². The first-order valence-corrected chi connectivity index (χ1v) is 9.28. The van der Waals surface area contributed by atoms with E-state index >= 15 is 0 Å². The molecule has 1 aromatic heterocycles. The smallest absolute Gasteiger partial charge is 0.264 e. The van der Waals surface area contributed by atoms with Crippen molar-refractivity contribution >= 4 is 33.3 Å². The molecule has 1 aliphatic rings. The Hall–Kier alpha value is -1.86. The van der Waals surface area contributed by atoms with Gasteiger partial charge in [0.25, 0.3) is 10.0 Å². The highest BCUT2D eigenvalue weighted by molar-refractivity contribution is 7.92. The van der Waals surface area contributed by atoms with Crippen LogP contribution in [0.25, 0.3) is 0 Å². The van der Waals surface area contributed by atoms with E-state index in [0.29, 0.717) is 11.9 Å². The van der Waals surface area contributed by atoms with E-state index in [-0.39, 0.29) is 15.7 Å². The summed E-state index contributed by atoms with van der Waals surface area (Å²) in [6.45, 7) is 0. The number of rotatable bonds is 5. The van der Waals surface area contributed by atoms with Crippen molar-refractivity contribution in [3.63, 3.8) is 0 Å². The van der Waals surface area contributed by atoms with E-state index in [9.17, 15) is 8.42 Å². The van der Waals surface area contributed by atoms with E-state index in [0.717, 1.165) is 12.8 Å².